The number of hydrogen-bond acceptors (Lipinski definition) is 5. The van der Waals surface area contributed by atoms with E-state index in [1.54, 1.807) is 24.0 Å². The third kappa shape index (κ3) is 2.90. The second kappa shape index (κ2) is 4.77. The van der Waals surface area contributed by atoms with Crippen LogP contribution in [0.5, 0.6) is 0 Å². The van der Waals surface area contributed by atoms with Crippen molar-refractivity contribution in [2.24, 2.45) is 0 Å². The maximum Gasteiger partial charge on any atom is 0.242 e. The maximum atomic E-state index is 11.7. The molecule has 7 nitrogen and oxygen atoms in total. The number of carbonyl (C=O) groups excluding carboxylic acids is 1. The predicted molar refractivity (Wildman–Crippen MR) is 57.8 cm³/mol. The van der Waals surface area contributed by atoms with Gasteiger partial charge in [0, 0.05) is 6.20 Å². The molecule has 17 heavy (non-hydrogen) atoms. The Morgan fingerprint density at radius 2 is 2.47 bits per heavy atom. The van der Waals surface area contributed by atoms with E-state index in [-0.39, 0.29) is 18.5 Å². The molecular weight excluding hydrogens is 222 g/mol. The summed E-state index contributed by atoms with van der Waals surface area (Å²) in [6, 6.07) is -0.280. The Morgan fingerprint density at radius 1 is 1.65 bits per heavy atom. The van der Waals surface area contributed by atoms with Crippen molar-refractivity contribution in [3.63, 3.8) is 0 Å². The second-order valence-corrected chi connectivity index (χ2v) is 3.79. The van der Waals surface area contributed by atoms with Crippen LogP contribution in [-0.4, -0.2) is 25.8 Å². The molecule has 2 aromatic heterocycles. The molecule has 2 rings (SSSR count). The summed E-state index contributed by atoms with van der Waals surface area (Å²) in [5.74, 6) is 0.306. The molecule has 90 valence electrons. The Morgan fingerprint density at radius 3 is 3.06 bits per heavy atom. The van der Waals surface area contributed by atoms with Gasteiger partial charge in [0.2, 0.25) is 12.3 Å². The Balaban J connectivity index is 1.89. The third-order valence-electron chi connectivity index (χ3n) is 2.21. The molecule has 1 atom stereocenters. The van der Waals surface area contributed by atoms with Crippen LogP contribution in [0.1, 0.15) is 24.4 Å². The lowest BCUT2D eigenvalue weighted by atomic mass is 10.3. The second-order valence-electron chi connectivity index (χ2n) is 3.79. The number of nitrogens with one attached hydrogen (secondary N) is 1. The lowest BCUT2D eigenvalue weighted by Gasteiger charge is -2.09. The molecule has 2 aromatic rings. The first-order valence-corrected chi connectivity index (χ1v) is 5.20. The van der Waals surface area contributed by atoms with E-state index >= 15 is 0 Å². The molecule has 0 saturated heterocycles. The van der Waals surface area contributed by atoms with Crippen molar-refractivity contribution in [2.75, 3.05) is 0 Å². The van der Waals surface area contributed by atoms with Gasteiger partial charge in [-0.25, -0.2) is 0 Å². The molecular formula is C10H13N5O2. The van der Waals surface area contributed by atoms with E-state index in [1.807, 2.05) is 6.92 Å². The van der Waals surface area contributed by atoms with Crippen LogP contribution >= 0.6 is 0 Å². The van der Waals surface area contributed by atoms with Crippen molar-refractivity contribution in [3.05, 3.63) is 30.2 Å². The Hall–Kier alpha value is -2.18. The Bertz CT molecular complexity index is 491. The molecule has 0 aliphatic rings. The molecule has 0 aromatic carbocycles. The van der Waals surface area contributed by atoms with Crippen molar-refractivity contribution in [1.29, 1.82) is 0 Å². The van der Waals surface area contributed by atoms with Crippen LogP contribution in [0.3, 0.4) is 0 Å². The molecule has 1 amide bonds. The highest BCUT2D eigenvalue weighted by molar-refractivity contribution is 5.75. The van der Waals surface area contributed by atoms with E-state index in [4.69, 9.17) is 0 Å². The van der Waals surface area contributed by atoms with Gasteiger partial charge in [-0.1, -0.05) is 5.16 Å². The van der Waals surface area contributed by atoms with Gasteiger partial charge in [0.1, 0.15) is 6.54 Å². The van der Waals surface area contributed by atoms with Gasteiger partial charge < -0.3 is 9.84 Å². The monoisotopic (exact) mass is 235 g/mol. The normalized spacial score (nSPS) is 12.4. The Labute approximate surface area is 97.8 Å². The zero-order valence-electron chi connectivity index (χ0n) is 9.62. The highest BCUT2D eigenvalue weighted by Crippen LogP contribution is 2.04. The van der Waals surface area contributed by atoms with Crippen LogP contribution in [0.15, 0.2) is 23.3 Å². The highest BCUT2D eigenvalue weighted by atomic mass is 16.5. The molecule has 2 heterocycles. The molecule has 1 unspecified atom stereocenters. The van der Waals surface area contributed by atoms with Crippen molar-refractivity contribution in [3.8, 4) is 0 Å². The van der Waals surface area contributed by atoms with E-state index in [9.17, 15) is 4.79 Å². The van der Waals surface area contributed by atoms with Crippen LogP contribution in [0.2, 0.25) is 0 Å². The fourth-order valence-electron chi connectivity index (χ4n) is 1.42. The van der Waals surface area contributed by atoms with E-state index in [2.05, 4.69) is 25.1 Å². The summed E-state index contributed by atoms with van der Waals surface area (Å²) in [5, 5.41) is 10.4. The standard InChI is InChI=1S/C10H13N5O2/c1-7-3-12-15(4-7)5-9(16)13-8(2)10-11-6-17-14-10/h3-4,6,8H,5H2,1-2H3,(H,13,16). The van der Waals surface area contributed by atoms with Crippen molar-refractivity contribution >= 4 is 5.91 Å². The van der Waals surface area contributed by atoms with Gasteiger partial charge in [-0.15, -0.1) is 0 Å². The van der Waals surface area contributed by atoms with Gasteiger partial charge in [0.15, 0.2) is 5.82 Å². The largest absolute Gasteiger partial charge is 0.345 e. The first kappa shape index (κ1) is 11.3. The van der Waals surface area contributed by atoms with Gasteiger partial charge in [-0.2, -0.15) is 10.1 Å². The first-order chi connectivity index (χ1) is 8.15. The van der Waals surface area contributed by atoms with E-state index in [0.29, 0.717) is 5.82 Å². The summed E-state index contributed by atoms with van der Waals surface area (Å²) < 4.78 is 6.19. The van der Waals surface area contributed by atoms with Crippen LogP contribution in [0, 0.1) is 6.92 Å². The van der Waals surface area contributed by atoms with Gasteiger partial charge in [-0.3, -0.25) is 9.48 Å². The molecule has 1 N–H and O–H groups in total. The van der Waals surface area contributed by atoms with E-state index < -0.39 is 0 Å². The Kier molecular flexibility index (Phi) is 3.17. The van der Waals surface area contributed by atoms with Crippen LogP contribution in [-0.2, 0) is 11.3 Å². The summed E-state index contributed by atoms with van der Waals surface area (Å²) in [5.41, 5.74) is 1.02. The number of rotatable bonds is 4. The van der Waals surface area contributed by atoms with Gasteiger partial charge in [0.05, 0.1) is 12.2 Å². The number of aryl methyl sites for hydroxylation is 1. The zero-order chi connectivity index (χ0) is 12.3. The average Bonchev–Trinajstić information content (AvgIpc) is 2.89. The molecule has 0 fully saturated rings. The van der Waals surface area contributed by atoms with Crippen LogP contribution in [0.4, 0.5) is 0 Å². The fraction of sp³-hybridized carbons (Fsp3) is 0.400. The van der Waals surface area contributed by atoms with E-state index in [1.165, 1.54) is 6.39 Å². The number of aromatic nitrogens is 4. The number of carbonyl (C=O) groups is 1. The van der Waals surface area contributed by atoms with Gasteiger partial charge >= 0.3 is 0 Å². The molecule has 7 heteroatoms. The lowest BCUT2D eigenvalue weighted by Crippen LogP contribution is -2.30. The quantitative estimate of drug-likeness (QED) is 0.831. The van der Waals surface area contributed by atoms with Gasteiger partial charge in [-0.05, 0) is 19.4 Å². The average molecular weight is 235 g/mol. The van der Waals surface area contributed by atoms with Crippen molar-refractivity contribution in [1.82, 2.24) is 25.2 Å². The number of hydrogen-bond donors (Lipinski definition) is 1. The molecule has 0 aliphatic carbocycles. The van der Waals surface area contributed by atoms with Gasteiger partial charge in [0.25, 0.3) is 0 Å². The highest BCUT2D eigenvalue weighted by Gasteiger charge is 2.13. The summed E-state index contributed by atoms with van der Waals surface area (Å²) in [6.45, 7) is 3.89. The smallest absolute Gasteiger partial charge is 0.242 e. The fourth-order valence-corrected chi connectivity index (χ4v) is 1.42. The summed E-state index contributed by atoms with van der Waals surface area (Å²) in [6.07, 6.45) is 4.74. The molecule has 0 spiro atoms. The molecule has 0 bridgehead atoms. The summed E-state index contributed by atoms with van der Waals surface area (Å²) in [4.78, 5) is 15.5. The summed E-state index contributed by atoms with van der Waals surface area (Å²) >= 11 is 0. The number of amides is 1. The minimum atomic E-state index is -0.280. The first-order valence-electron chi connectivity index (χ1n) is 5.20. The predicted octanol–water partition coefficient (Wildman–Crippen LogP) is 0.452. The van der Waals surface area contributed by atoms with Crippen molar-refractivity contribution < 1.29 is 9.32 Å². The molecule has 0 saturated carbocycles. The third-order valence-corrected chi connectivity index (χ3v) is 2.21. The molecule has 0 aliphatic heterocycles. The van der Waals surface area contributed by atoms with Crippen LogP contribution < -0.4 is 5.32 Å². The van der Waals surface area contributed by atoms with E-state index in [0.717, 1.165) is 5.56 Å². The molecule has 0 radical (unpaired) electrons. The zero-order valence-corrected chi connectivity index (χ0v) is 9.62. The minimum absolute atomic E-state index is 0.148. The summed E-state index contributed by atoms with van der Waals surface area (Å²) in [7, 11) is 0. The topological polar surface area (TPSA) is 85.8 Å². The SMILES string of the molecule is Cc1cnn(CC(=O)NC(C)c2ncon2)c1. The lowest BCUT2D eigenvalue weighted by molar-refractivity contribution is -0.122. The maximum absolute atomic E-state index is 11.7. The van der Waals surface area contributed by atoms with Crippen molar-refractivity contribution in [2.45, 2.75) is 26.4 Å². The minimum Gasteiger partial charge on any atom is -0.345 e. The number of nitrogens with zero attached hydrogens (tertiary/aromatic N) is 4. The van der Waals surface area contributed by atoms with Crippen LogP contribution in [0.25, 0.3) is 0 Å².